The van der Waals surface area contributed by atoms with Crippen LogP contribution in [-0.2, 0) is 4.79 Å². The summed E-state index contributed by atoms with van der Waals surface area (Å²) in [6.07, 6.45) is 3.39. The summed E-state index contributed by atoms with van der Waals surface area (Å²) in [7, 11) is 1.82. The molecular formula is C27H37N5O. The Morgan fingerprint density at radius 1 is 0.939 bits per heavy atom. The van der Waals surface area contributed by atoms with Crippen molar-refractivity contribution in [2.24, 2.45) is 10.9 Å². The second-order valence-electron chi connectivity index (χ2n) is 9.05. The van der Waals surface area contributed by atoms with Gasteiger partial charge in [0.15, 0.2) is 5.96 Å². The van der Waals surface area contributed by atoms with E-state index in [1.807, 2.05) is 7.05 Å². The Hall–Kier alpha value is -2.86. The van der Waals surface area contributed by atoms with Crippen molar-refractivity contribution in [2.75, 3.05) is 52.9 Å². The summed E-state index contributed by atoms with van der Waals surface area (Å²) in [5, 5.41) is 6.98. The van der Waals surface area contributed by atoms with Gasteiger partial charge in [0.05, 0.1) is 0 Å². The highest BCUT2D eigenvalue weighted by atomic mass is 16.2. The third kappa shape index (κ3) is 6.35. The van der Waals surface area contributed by atoms with Crippen LogP contribution >= 0.6 is 0 Å². The van der Waals surface area contributed by atoms with Gasteiger partial charge in [0.2, 0.25) is 5.91 Å². The predicted molar refractivity (Wildman–Crippen MR) is 134 cm³/mol. The van der Waals surface area contributed by atoms with Crippen molar-refractivity contribution in [3.05, 3.63) is 71.8 Å². The van der Waals surface area contributed by atoms with Crippen LogP contribution in [0.3, 0.4) is 0 Å². The zero-order valence-electron chi connectivity index (χ0n) is 19.7. The number of guanidine groups is 1. The normalized spacial score (nSPS) is 17.6. The van der Waals surface area contributed by atoms with Crippen molar-refractivity contribution in [1.82, 2.24) is 20.4 Å². The van der Waals surface area contributed by atoms with Gasteiger partial charge in [-0.05, 0) is 24.0 Å². The number of amides is 1. The monoisotopic (exact) mass is 447 g/mol. The van der Waals surface area contributed by atoms with E-state index in [2.05, 4.69) is 86.1 Å². The first-order chi connectivity index (χ1) is 16.2. The van der Waals surface area contributed by atoms with Gasteiger partial charge in [-0.3, -0.25) is 14.7 Å². The maximum atomic E-state index is 12.4. The van der Waals surface area contributed by atoms with Crippen LogP contribution in [0, 0.1) is 5.92 Å². The first-order valence-electron chi connectivity index (χ1n) is 12.3. The maximum absolute atomic E-state index is 12.4. The lowest BCUT2D eigenvalue weighted by atomic mass is 9.84. The van der Waals surface area contributed by atoms with Gasteiger partial charge in [-0.1, -0.05) is 67.1 Å². The zero-order valence-corrected chi connectivity index (χ0v) is 19.7. The fraction of sp³-hybridized carbons (Fsp3) is 0.481. The van der Waals surface area contributed by atoms with Crippen LogP contribution in [0.15, 0.2) is 65.7 Å². The summed E-state index contributed by atoms with van der Waals surface area (Å²) in [5.74, 6) is 1.77. The topological polar surface area (TPSA) is 60.0 Å². The SMILES string of the molecule is CN=C(NCCN1CCN(C(=O)C2CCC2)CC1)NCC(c1ccccc1)c1ccccc1. The van der Waals surface area contributed by atoms with Crippen LogP contribution in [0.4, 0.5) is 0 Å². The van der Waals surface area contributed by atoms with Gasteiger partial charge >= 0.3 is 0 Å². The number of nitrogens with one attached hydrogen (secondary N) is 2. The highest BCUT2D eigenvalue weighted by Gasteiger charge is 2.31. The third-order valence-electron chi connectivity index (χ3n) is 6.96. The molecular weight excluding hydrogens is 410 g/mol. The van der Waals surface area contributed by atoms with Crippen molar-refractivity contribution in [3.8, 4) is 0 Å². The summed E-state index contributed by atoms with van der Waals surface area (Å²) in [6.45, 7) is 6.18. The minimum Gasteiger partial charge on any atom is -0.355 e. The van der Waals surface area contributed by atoms with E-state index in [0.717, 1.165) is 64.6 Å². The second-order valence-corrected chi connectivity index (χ2v) is 9.05. The fourth-order valence-corrected chi connectivity index (χ4v) is 4.66. The van der Waals surface area contributed by atoms with Gasteiger partial charge in [-0.15, -0.1) is 0 Å². The molecule has 0 bridgehead atoms. The van der Waals surface area contributed by atoms with Gasteiger partial charge in [-0.2, -0.15) is 0 Å². The van der Waals surface area contributed by atoms with Crippen molar-refractivity contribution in [3.63, 3.8) is 0 Å². The number of aliphatic imine (C=N–C) groups is 1. The van der Waals surface area contributed by atoms with E-state index in [1.54, 1.807) is 0 Å². The molecule has 1 amide bonds. The molecule has 6 nitrogen and oxygen atoms in total. The molecule has 2 fully saturated rings. The summed E-state index contributed by atoms with van der Waals surface area (Å²) in [5.41, 5.74) is 2.59. The van der Waals surface area contributed by atoms with Crippen LogP contribution in [-0.4, -0.2) is 74.5 Å². The van der Waals surface area contributed by atoms with Crippen LogP contribution in [0.5, 0.6) is 0 Å². The van der Waals surface area contributed by atoms with E-state index in [1.165, 1.54) is 17.5 Å². The number of piperazine rings is 1. The predicted octanol–water partition coefficient (Wildman–Crippen LogP) is 2.93. The number of nitrogens with zero attached hydrogens (tertiary/aromatic N) is 3. The molecule has 0 atom stereocenters. The minimum absolute atomic E-state index is 0.257. The molecule has 0 aromatic heterocycles. The van der Waals surface area contributed by atoms with Crippen molar-refractivity contribution < 1.29 is 4.79 Å². The standard InChI is InChI=1S/C27H37N5O/c1-28-27(29-15-16-31-17-19-32(20-18-31)26(33)24-13-8-14-24)30-21-25(22-9-4-2-5-10-22)23-11-6-3-7-12-23/h2-7,9-12,24-25H,8,13-21H2,1H3,(H2,28,29,30). The summed E-state index contributed by atoms with van der Waals surface area (Å²) in [4.78, 5) is 21.4. The molecule has 6 heteroatoms. The lowest BCUT2D eigenvalue weighted by Crippen LogP contribution is -2.52. The number of rotatable bonds is 8. The van der Waals surface area contributed by atoms with Crippen molar-refractivity contribution in [2.45, 2.75) is 25.2 Å². The lowest BCUT2D eigenvalue weighted by molar-refractivity contribution is -0.139. The van der Waals surface area contributed by atoms with Gasteiger partial charge in [0.1, 0.15) is 0 Å². The van der Waals surface area contributed by atoms with Gasteiger partial charge in [0.25, 0.3) is 0 Å². The molecule has 1 aliphatic heterocycles. The Labute approximate surface area is 198 Å². The molecule has 1 aliphatic carbocycles. The average molecular weight is 448 g/mol. The molecule has 4 rings (SSSR count). The second kappa shape index (κ2) is 11.8. The molecule has 1 saturated carbocycles. The molecule has 33 heavy (non-hydrogen) atoms. The number of hydrogen-bond donors (Lipinski definition) is 2. The molecule has 2 aliphatic rings. The maximum Gasteiger partial charge on any atom is 0.225 e. The third-order valence-corrected chi connectivity index (χ3v) is 6.96. The van der Waals surface area contributed by atoms with E-state index in [0.29, 0.717) is 11.8 Å². The van der Waals surface area contributed by atoms with E-state index in [4.69, 9.17) is 0 Å². The Morgan fingerprint density at radius 2 is 1.55 bits per heavy atom. The van der Waals surface area contributed by atoms with Gasteiger partial charge in [-0.25, -0.2) is 0 Å². The van der Waals surface area contributed by atoms with Crippen LogP contribution < -0.4 is 10.6 Å². The first-order valence-corrected chi connectivity index (χ1v) is 12.3. The van der Waals surface area contributed by atoms with Gasteiger partial charge < -0.3 is 15.5 Å². The molecule has 1 heterocycles. The Balaban J connectivity index is 1.22. The Kier molecular flexibility index (Phi) is 8.36. The molecule has 1 saturated heterocycles. The van der Waals surface area contributed by atoms with E-state index >= 15 is 0 Å². The van der Waals surface area contributed by atoms with Crippen LogP contribution in [0.1, 0.15) is 36.3 Å². The van der Waals surface area contributed by atoms with Crippen molar-refractivity contribution >= 4 is 11.9 Å². The number of hydrogen-bond acceptors (Lipinski definition) is 3. The molecule has 0 spiro atoms. The fourth-order valence-electron chi connectivity index (χ4n) is 4.66. The minimum atomic E-state index is 0.257. The molecule has 0 unspecified atom stereocenters. The van der Waals surface area contributed by atoms with E-state index in [-0.39, 0.29) is 5.92 Å². The summed E-state index contributed by atoms with van der Waals surface area (Å²) < 4.78 is 0. The molecule has 2 aromatic rings. The van der Waals surface area contributed by atoms with Crippen LogP contribution in [0.25, 0.3) is 0 Å². The largest absolute Gasteiger partial charge is 0.355 e. The smallest absolute Gasteiger partial charge is 0.225 e. The van der Waals surface area contributed by atoms with Crippen molar-refractivity contribution in [1.29, 1.82) is 0 Å². The molecule has 2 aromatic carbocycles. The molecule has 2 N–H and O–H groups in total. The Bertz CT molecular complexity index is 850. The average Bonchev–Trinajstić information content (AvgIpc) is 2.83. The number of carbonyl (C=O) groups is 1. The van der Waals surface area contributed by atoms with Crippen LogP contribution in [0.2, 0.25) is 0 Å². The number of carbonyl (C=O) groups excluding carboxylic acids is 1. The zero-order chi connectivity index (χ0) is 22.9. The number of benzene rings is 2. The molecule has 176 valence electrons. The highest BCUT2D eigenvalue weighted by Crippen LogP contribution is 2.28. The van der Waals surface area contributed by atoms with Gasteiger partial charge in [0, 0.05) is 64.7 Å². The quantitative estimate of drug-likeness (QED) is 0.483. The van der Waals surface area contributed by atoms with E-state index in [9.17, 15) is 4.79 Å². The first kappa shape index (κ1) is 23.3. The lowest BCUT2D eigenvalue weighted by Gasteiger charge is -2.38. The summed E-state index contributed by atoms with van der Waals surface area (Å²) in [6, 6.07) is 21.2. The highest BCUT2D eigenvalue weighted by molar-refractivity contribution is 5.80. The summed E-state index contributed by atoms with van der Waals surface area (Å²) >= 11 is 0. The molecule has 0 radical (unpaired) electrons. The Morgan fingerprint density at radius 3 is 2.06 bits per heavy atom. The van der Waals surface area contributed by atoms with E-state index < -0.39 is 0 Å².